The van der Waals surface area contributed by atoms with Crippen LogP contribution in [0.5, 0.6) is 0 Å². The lowest BCUT2D eigenvalue weighted by molar-refractivity contribution is -0.0432. The summed E-state index contributed by atoms with van der Waals surface area (Å²) in [5.41, 5.74) is 0.958. The topological polar surface area (TPSA) is 110 Å². The van der Waals surface area contributed by atoms with Crippen LogP contribution >= 0.6 is 0 Å². The van der Waals surface area contributed by atoms with Gasteiger partial charge in [0.2, 0.25) is 0 Å². The van der Waals surface area contributed by atoms with Gasteiger partial charge in [-0.2, -0.15) is 0 Å². The summed E-state index contributed by atoms with van der Waals surface area (Å²) in [6, 6.07) is 0. The van der Waals surface area contributed by atoms with Crippen LogP contribution in [-0.4, -0.2) is 59.0 Å². The number of ether oxygens (including phenoxy) is 1. The highest BCUT2D eigenvalue weighted by atomic mass is 32.2. The number of rotatable bonds is 3. The second-order valence-corrected chi connectivity index (χ2v) is 5.87. The van der Waals surface area contributed by atoms with Gasteiger partial charge in [-0.1, -0.05) is 0 Å². The van der Waals surface area contributed by atoms with Gasteiger partial charge in [-0.05, 0) is 0 Å². The van der Waals surface area contributed by atoms with Gasteiger partial charge >= 0.3 is 0 Å². The monoisotopic (exact) mass is 298 g/mol. The maximum absolute atomic E-state index is 11.6. The van der Waals surface area contributed by atoms with Crippen LogP contribution in [0, 0.1) is 0 Å². The van der Waals surface area contributed by atoms with Crippen molar-refractivity contribution < 1.29 is 19.2 Å². The first-order chi connectivity index (χ1) is 9.61. The Morgan fingerprint density at radius 3 is 2.95 bits per heavy atom. The third-order valence-corrected chi connectivity index (χ3v) is 4.14. The normalized spacial score (nSPS) is 28.1. The Morgan fingerprint density at radius 2 is 2.30 bits per heavy atom. The molecule has 2 aromatic heterocycles. The maximum Gasteiger partial charge on any atom is 0.166 e. The molecule has 0 bridgehead atoms. The van der Waals surface area contributed by atoms with Crippen LogP contribution in [0.15, 0.2) is 17.7 Å². The lowest BCUT2D eigenvalue weighted by atomic mass is 10.2. The molecule has 1 unspecified atom stereocenters. The predicted molar refractivity (Wildman–Crippen MR) is 69.3 cm³/mol. The van der Waals surface area contributed by atoms with Crippen molar-refractivity contribution in [3.05, 3.63) is 12.7 Å². The molecule has 0 saturated carbocycles. The van der Waals surface area contributed by atoms with Gasteiger partial charge in [-0.25, -0.2) is 15.0 Å². The van der Waals surface area contributed by atoms with Crippen molar-refractivity contribution in [1.29, 1.82) is 0 Å². The van der Waals surface area contributed by atoms with Gasteiger partial charge < -0.3 is 14.9 Å². The fourth-order valence-corrected chi connectivity index (χ4v) is 2.91. The van der Waals surface area contributed by atoms with E-state index in [1.807, 2.05) is 0 Å². The zero-order chi connectivity index (χ0) is 14.3. The van der Waals surface area contributed by atoms with Gasteiger partial charge in [-0.15, -0.1) is 0 Å². The summed E-state index contributed by atoms with van der Waals surface area (Å²) in [6.07, 6.45) is 2.91. The van der Waals surface area contributed by atoms with Crippen molar-refractivity contribution >= 4 is 22.0 Å². The molecule has 3 rings (SSSR count). The molecular formula is C11H14N4O4S. The standard InChI is InChI=1S/C11H14N4O4S/c1-20(18)11-9-10(12-4-13-11)15(5-14-9)8-2-6(17)7(3-16)19-8/h4-8,16-17H,2-3H2,1H3/t6-,7+,8+,20?/m0/s1. The molecule has 1 fully saturated rings. The number of hydrogen-bond acceptors (Lipinski definition) is 7. The minimum atomic E-state index is -1.26. The van der Waals surface area contributed by atoms with E-state index in [1.54, 1.807) is 4.57 Å². The molecule has 9 heteroatoms. The van der Waals surface area contributed by atoms with E-state index in [9.17, 15) is 9.32 Å². The zero-order valence-electron chi connectivity index (χ0n) is 10.7. The van der Waals surface area contributed by atoms with Gasteiger partial charge in [0.05, 0.1) is 29.8 Å². The van der Waals surface area contributed by atoms with Crippen molar-refractivity contribution in [1.82, 2.24) is 19.5 Å². The Bertz CT molecular complexity index is 661. The lowest BCUT2D eigenvalue weighted by Gasteiger charge is -2.13. The van der Waals surface area contributed by atoms with Gasteiger partial charge in [-0.3, -0.25) is 8.78 Å². The quantitative estimate of drug-likeness (QED) is 0.714. The maximum atomic E-state index is 11.6. The largest absolute Gasteiger partial charge is 0.394 e. The van der Waals surface area contributed by atoms with E-state index in [2.05, 4.69) is 15.0 Å². The van der Waals surface area contributed by atoms with Crippen LogP contribution in [0.2, 0.25) is 0 Å². The van der Waals surface area contributed by atoms with E-state index in [1.165, 1.54) is 18.9 Å². The second-order valence-electron chi connectivity index (χ2n) is 4.57. The summed E-state index contributed by atoms with van der Waals surface area (Å²) >= 11 is 0. The van der Waals surface area contributed by atoms with Gasteiger partial charge in [0.15, 0.2) is 10.7 Å². The van der Waals surface area contributed by atoms with E-state index in [-0.39, 0.29) is 6.61 Å². The van der Waals surface area contributed by atoms with Crippen LogP contribution in [0.25, 0.3) is 11.2 Å². The first-order valence-electron chi connectivity index (χ1n) is 6.07. The number of aliphatic hydroxyl groups is 2. The van der Waals surface area contributed by atoms with Crippen LogP contribution < -0.4 is 0 Å². The highest BCUT2D eigenvalue weighted by Crippen LogP contribution is 2.31. The molecule has 1 aliphatic rings. The lowest BCUT2D eigenvalue weighted by Crippen LogP contribution is -2.24. The summed E-state index contributed by atoms with van der Waals surface area (Å²) in [7, 11) is -1.26. The average molecular weight is 298 g/mol. The molecule has 3 heterocycles. The van der Waals surface area contributed by atoms with E-state index < -0.39 is 29.2 Å². The molecule has 1 saturated heterocycles. The van der Waals surface area contributed by atoms with Gasteiger partial charge in [0.1, 0.15) is 24.2 Å². The van der Waals surface area contributed by atoms with Crippen molar-refractivity contribution in [2.24, 2.45) is 0 Å². The summed E-state index contributed by atoms with van der Waals surface area (Å²) in [5, 5.41) is 19.2. The van der Waals surface area contributed by atoms with Crippen molar-refractivity contribution in [3.63, 3.8) is 0 Å². The van der Waals surface area contributed by atoms with E-state index >= 15 is 0 Å². The van der Waals surface area contributed by atoms with Crippen LogP contribution in [0.1, 0.15) is 12.6 Å². The Balaban J connectivity index is 2.02. The van der Waals surface area contributed by atoms with Crippen molar-refractivity contribution in [3.8, 4) is 0 Å². The Hall–Kier alpha value is -1.42. The number of fused-ring (bicyclic) bond motifs is 1. The molecule has 8 nitrogen and oxygen atoms in total. The fourth-order valence-electron chi connectivity index (χ4n) is 2.30. The highest BCUT2D eigenvalue weighted by molar-refractivity contribution is 7.84. The number of aliphatic hydroxyl groups excluding tert-OH is 2. The SMILES string of the molecule is CS(=O)c1ncnc2c1ncn2[C@H]1C[C@H](O)[C@@H](CO)O1. The summed E-state index contributed by atoms with van der Waals surface area (Å²) in [6.45, 7) is -0.247. The predicted octanol–water partition coefficient (Wildman–Crippen LogP) is -0.796. The van der Waals surface area contributed by atoms with E-state index in [0.717, 1.165) is 0 Å². The minimum absolute atomic E-state index is 0.247. The van der Waals surface area contributed by atoms with Crippen LogP contribution in [0.4, 0.5) is 0 Å². The minimum Gasteiger partial charge on any atom is -0.394 e. The third kappa shape index (κ3) is 2.12. The first-order valence-corrected chi connectivity index (χ1v) is 7.63. The zero-order valence-corrected chi connectivity index (χ0v) is 11.5. The Morgan fingerprint density at radius 1 is 1.50 bits per heavy atom. The molecule has 108 valence electrons. The van der Waals surface area contributed by atoms with Crippen LogP contribution in [-0.2, 0) is 15.5 Å². The summed E-state index contributed by atoms with van der Waals surface area (Å²) in [4.78, 5) is 12.3. The number of hydrogen-bond donors (Lipinski definition) is 2. The molecule has 1 aliphatic heterocycles. The molecule has 4 atom stereocenters. The van der Waals surface area contributed by atoms with Gasteiger partial charge in [0.25, 0.3) is 0 Å². The molecule has 20 heavy (non-hydrogen) atoms. The Labute approximate surface area is 116 Å². The molecule has 0 amide bonds. The van der Waals surface area contributed by atoms with Crippen molar-refractivity contribution in [2.75, 3.05) is 12.9 Å². The highest BCUT2D eigenvalue weighted by Gasteiger charge is 2.35. The van der Waals surface area contributed by atoms with Gasteiger partial charge in [0, 0.05) is 12.7 Å². The average Bonchev–Trinajstić information content (AvgIpc) is 3.01. The number of nitrogens with zero attached hydrogens (tertiary/aromatic N) is 4. The number of aromatic nitrogens is 4. The Kier molecular flexibility index (Phi) is 3.50. The van der Waals surface area contributed by atoms with Crippen LogP contribution in [0.3, 0.4) is 0 Å². The number of imidazole rings is 1. The fraction of sp³-hybridized carbons (Fsp3) is 0.545. The van der Waals surface area contributed by atoms with Crippen molar-refractivity contribution in [2.45, 2.75) is 29.9 Å². The third-order valence-electron chi connectivity index (χ3n) is 3.29. The molecule has 0 aromatic carbocycles. The smallest absolute Gasteiger partial charge is 0.166 e. The molecular weight excluding hydrogens is 284 g/mol. The summed E-state index contributed by atoms with van der Waals surface area (Å²) in [5.74, 6) is 0. The second kappa shape index (κ2) is 5.17. The molecule has 2 aromatic rings. The molecule has 0 aliphatic carbocycles. The first kappa shape index (κ1) is 13.6. The molecule has 2 N–H and O–H groups in total. The van der Waals surface area contributed by atoms with E-state index in [4.69, 9.17) is 9.84 Å². The molecule has 0 spiro atoms. The summed E-state index contributed by atoms with van der Waals surface area (Å²) < 4.78 is 18.8. The molecule has 0 radical (unpaired) electrons. The van der Waals surface area contributed by atoms with E-state index in [0.29, 0.717) is 22.6 Å².